The van der Waals surface area contributed by atoms with E-state index >= 15 is 0 Å². The van der Waals surface area contributed by atoms with Crippen molar-refractivity contribution in [3.8, 4) is 0 Å². The molecule has 1 saturated heterocycles. The van der Waals surface area contributed by atoms with Gasteiger partial charge >= 0.3 is 0 Å². The number of aromatic nitrogens is 2. The normalized spacial score (nSPS) is 23.6. The maximum atomic E-state index is 6.07. The zero-order valence-corrected chi connectivity index (χ0v) is 11.3. The Bertz CT molecular complexity index is 369. The van der Waals surface area contributed by atoms with Crippen LogP contribution in [-0.4, -0.2) is 28.3 Å². The minimum atomic E-state index is -0.250. The fourth-order valence-electron chi connectivity index (χ4n) is 1.51. The molecular formula is C11H19N3O2S. The smallest absolute Gasteiger partial charge is 0.244 e. The molecule has 1 aliphatic heterocycles. The van der Waals surface area contributed by atoms with Gasteiger partial charge in [-0.3, -0.25) is 0 Å². The van der Waals surface area contributed by atoms with E-state index < -0.39 is 0 Å². The van der Waals surface area contributed by atoms with E-state index in [0.29, 0.717) is 11.7 Å². The van der Waals surface area contributed by atoms with Crippen molar-refractivity contribution < 1.29 is 9.26 Å². The molecule has 0 aliphatic carbocycles. The predicted molar refractivity (Wildman–Crippen MR) is 66.7 cm³/mol. The van der Waals surface area contributed by atoms with E-state index in [1.54, 1.807) is 0 Å². The number of nitrogens with zero attached hydrogens (tertiary/aromatic N) is 2. The second kappa shape index (κ2) is 4.96. The number of hydrogen-bond donors (Lipinski definition) is 1. The lowest BCUT2D eigenvalue weighted by Gasteiger charge is -2.23. The Morgan fingerprint density at radius 2 is 2.24 bits per heavy atom. The summed E-state index contributed by atoms with van der Waals surface area (Å²) < 4.78 is 10.8. The van der Waals surface area contributed by atoms with Crippen LogP contribution in [0.1, 0.15) is 44.6 Å². The SMILES string of the molecule is CC(C)(C)[C@@H](N)c1nc(C2CSCCO2)no1. The van der Waals surface area contributed by atoms with Crippen molar-refractivity contribution >= 4 is 11.8 Å². The first-order chi connectivity index (χ1) is 7.98. The highest BCUT2D eigenvalue weighted by molar-refractivity contribution is 7.99. The van der Waals surface area contributed by atoms with Crippen molar-refractivity contribution in [1.82, 2.24) is 10.1 Å². The van der Waals surface area contributed by atoms with Crippen LogP contribution < -0.4 is 5.73 Å². The minimum absolute atomic E-state index is 0.0570. The first-order valence-electron chi connectivity index (χ1n) is 5.77. The summed E-state index contributed by atoms with van der Waals surface area (Å²) in [6, 6.07) is -0.250. The van der Waals surface area contributed by atoms with Crippen LogP contribution in [0.3, 0.4) is 0 Å². The van der Waals surface area contributed by atoms with Crippen molar-refractivity contribution in [2.24, 2.45) is 11.1 Å². The maximum Gasteiger partial charge on any atom is 0.244 e. The highest BCUT2D eigenvalue weighted by Gasteiger charge is 2.29. The third-order valence-electron chi connectivity index (χ3n) is 2.76. The molecule has 2 N–H and O–H groups in total. The summed E-state index contributed by atoms with van der Waals surface area (Å²) in [5, 5.41) is 3.97. The average molecular weight is 257 g/mol. The second-order valence-corrected chi connectivity index (χ2v) is 6.42. The van der Waals surface area contributed by atoms with Gasteiger partial charge in [0.25, 0.3) is 0 Å². The van der Waals surface area contributed by atoms with Crippen LogP contribution in [0.2, 0.25) is 0 Å². The van der Waals surface area contributed by atoms with Gasteiger partial charge in [0.2, 0.25) is 11.7 Å². The van der Waals surface area contributed by atoms with Gasteiger partial charge in [-0.15, -0.1) is 0 Å². The van der Waals surface area contributed by atoms with E-state index in [-0.39, 0.29) is 17.6 Å². The standard InChI is InChI=1S/C11H19N3O2S/c1-11(2,3)8(12)10-13-9(14-16-10)7-6-17-5-4-15-7/h7-8H,4-6,12H2,1-3H3/t7?,8-/m0/s1. The van der Waals surface area contributed by atoms with Gasteiger partial charge in [0.05, 0.1) is 12.6 Å². The molecule has 0 spiro atoms. The Hall–Kier alpha value is -0.590. The van der Waals surface area contributed by atoms with Crippen LogP contribution in [0.4, 0.5) is 0 Å². The highest BCUT2D eigenvalue weighted by Crippen LogP contribution is 2.31. The fraction of sp³-hybridized carbons (Fsp3) is 0.818. The van der Waals surface area contributed by atoms with Crippen molar-refractivity contribution in [3.63, 3.8) is 0 Å². The van der Waals surface area contributed by atoms with Crippen LogP contribution in [0.15, 0.2) is 4.52 Å². The summed E-state index contributed by atoms with van der Waals surface area (Å²) in [7, 11) is 0. The van der Waals surface area contributed by atoms with E-state index in [9.17, 15) is 0 Å². The minimum Gasteiger partial charge on any atom is -0.368 e. The third-order valence-corrected chi connectivity index (χ3v) is 3.75. The van der Waals surface area contributed by atoms with Gasteiger partial charge in [-0.2, -0.15) is 16.7 Å². The second-order valence-electron chi connectivity index (χ2n) is 5.27. The highest BCUT2D eigenvalue weighted by atomic mass is 32.2. The Morgan fingerprint density at radius 3 is 2.82 bits per heavy atom. The summed E-state index contributed by atoms with van der Waals surface area (Å²) in [6.07, 6.45) is -0.0570. The van der Waals surface area contributed by atoms with E-state index in [1.807, 2.05) is 11.8 Å². The molecule has 0 radical (unpaired) electrons. The molecule has 1 unspecified atom stereocenters. The molecule has 1 aliphatic rings. The number of thioether (sulfide) groups is 1. The van der Waals surface area contributed by atoms with E-state index in [4.69, 9.17) is 15.0 Å². The lowest BCUT2D eigenvalue weighted by molar-refractivity contribution is 0.0677. The Kier molecular flexibility index (Phi) is 3.75. The van der Waals surface area contributed by atoms with E-state index in [1.165, 1.54) is 0 Å². The van der Waals surface area contributed by atoms with Gasteiger partial charge in [-0.1, -0.05) is 25.9 Å². The number of ether oxygens (including phenoxy) is 1. The monoisotopic (exact) mass is 257 g/mol. The van der Waals surface area contributed by atoms with Crippen LogP contribution in [0.25, 0.3) is 0 Å². The fourth-order valence-corrected chi connectivity index (χ4v) is 2.35. The molecule has 5 nitrogen and oxygen atoms in total. The van der Waals surface area contributed by atoms with Crippen LogP contribution >= 0.6 is 11.8 Å². The molecule has 6 heteroatoms. The maximum absolute atomic E-state index is 6.07. The quantitative estimate of drug-likeness (QED) is 0.872. The molecule has 1 aromatic rings. The molecule has 0 amide bonds. The summed E-state index contributed by atoms with van der Waals surface area (Å²) in [5.41, 5.74) is 5.98. The molecule has 2 rings (SSSR count). The van der Waals surface area contributed by atoms with E-state index in [2.05, 4.69) is 30.9 Å². The molecule has 17 heavy (non-hydrogen) atoms. The number of rotatable bonds is 2. The Morgan fingerprint density at radius 1 is 1.47 bits per heavy atom. The Labute approximate surface area is 105 Å². The van der Waals surface area contributed by atoms with Crippen molar-refractivity contribution in [3.05, 3.63) is 11.7 Å². The first-order valence-corrected chi connectivity index (χ1v) is 6.92. The summed E-state index contributed by atoms with van der Waals surface area (Å²) in [6.45, 7) is 6.89. The zero-order valence-electron chi connectivity index (χ0n) is 10.5. The predicted octanol–water partition coefficient (Wildman–Crippen LogP) is 1.92. The molecule has 96 valence electrons. The van der Waals surface area contributed by atoms with Crippen LogP contribution in [0, 0.1) is 5.41 Å². The topological polar surface area (TPSA) is 74.2 Å². The van der Waals surface area contributed by atoms with Crippen LogP contribution in [0.5, 0.6) is 0 Å². The lowest BCUT2D eigenvalue weighted by atomic mass is 9.87. The first kappa shape index (κ1) is 12.9. The summed E-state index contributed by atoms with van der Waals surface area (Å²) in [4.78, 5) is 4.36. The van der Waals surface area contributed by atoms with Gasteiger partial charge in [0.1, 0.15) is 6.10 Å². The molecule has 2 atom stereocenters. The molecular weight excluding hydrogens is 238 g/mol. The zero-order chi connectivity index (χ0) is 12.5. The Balaban J connectivity index is 2.10. The van der Waals surface area contributed by atoms with Crippen molar-refractivity contribution in [2.45, 2.75) is 32.9 Å². The van der Waals surface area contributed by atoms with Gasteiger partial charge in [-0.25, -0.2) is 0 Å². The molecule has 0 saturated carbocycles. The van der Waals surface area contributed by atoms with Gasteiger partial charge in [0, 0.05) is 11.5 Å². The van der Waals surface area contributed by atoms with Gasteiger partial charge in [-0.05, 0) is 5.41 Å². The number of hydrogen-bond acceptors (Lipinski definition) is 6. The van der Waals surface area contributed by atoms with Crippen molar-refractivity contribution in [1.29, 1.82) is 0 Å². The van der Waals surface area contributed by atoms with Crippen molar-refractivity contribution in [2.75, 3.05) is 18.1 Å². The molecule has 0 bridgehead atoms. The largest absolute Gasteiger partial charge is 0.368 e. The molecule has 1 aromatic heterocycles. The lowest BCUT2D eigenvalue weighted by Crippen LogP contribution is -2.26. The van der Waals surface area contributed by atoms with Crippen LogP contribution in [-0.2, 0) is 4.74 Å². The third kappa shape index (κ3) is 3.00. The average Bonchev–Trinajstić information content (AvgIpc) is 2.77. The summed E-state index contributed by atoms with van der Waals surface area (Å²) in [5.74, 6) is 3.02. The summed E-state index contributed by atoms with van der Waals surface area (Å²) >= 11 is 1.84. The van der Waals surface area contributed by atoms with Gasteiger partial charge < -0.3 is 15.0 Å². The molecule has 1 fully saturated rings. The molecule has 2 heterocycles. The van der Waals surface area contributed by atoms with E-state index in [0.717, 1.165) is 18.1 Å². The van der Waals surface area contributed by atoms with Gasteiger partial charge in [0.15, 0.2) is 0 Å². The number of nitrogens with two attached hydrogens (primary N) is 1. The molecule has 0 aromatic carbocycles.